The monoisotopic (exact) mass is 265 g/mol. The summed E-state index contributed by atoms with van der Waals surface area (Å²) in [6, 6.07) is 9.19. The summed E-state index contributed by atoms with van der Waals surface area (Å²) in [4.78, 5) is 24.1. The number of carbonyl (C=O) groups excluding carboxylic acids is 1. The van der Waals surface area contributed by atoms with Crippen molar-refractivity contribution in [2.75, 3.05) is 11.1 Å². The van der Waals surface area contributed by atoms with E-state index in [1.54, 1.807) is 6.07 Å². The van der Waals surface area contributed by atoms with Gasteiger partial charge in [-0.15, -0.1) is 0 Å². The fraction of sp³-hybridized carbons (Fsp3) is 0. The number of aromatic nitrogens is 3. The quantitative estimate of drug-likeness (QED) is 0.737. The van der Waals surface area contributed by atoms with Crippen LogP contribution in [0.15, 0.2) is 48.9 Å². The summed E-state index contributed by atoms with van der Waals surface area (Å²) in [6.07, 6.45) is 4.49. The molecule has 0 aliphatic carbocycles. The van der Waals surface area contributed by atoms with Crippen LogP contribution in [-0.2, 0) is 0 Å². The number of nitrogen functional groups attached to an aromatic ring is 1. The summed E-state index contributed by atoms with van der Waals surface area (Å²) in [5.41, 5.74) is 6.11. The van der Waals surface area contributed by atoms with Gasteiger partial charge in [0.25, 0.3) is 5.91 Å². The van der Waals surface area contributed by atoms with Gasteiger partial charge in [0, 0.05) is 17.8 Å². The number of nitrogens with zero attached hydrogens (tertiary/aromatic N) is 3. The van der Waals surface area contributed by atoms with Crippen LogP contribution in [0.2, 0.25) is 0 Å². The van der Waals surface area contributed by atoms with E-state index in [4.69, 9.17) is 5.73 Å². The highest BCUT2D eigenvalue weighted by Gasteiger charge is 2.11. The minimum Gasteiger partial charge on any atom is -0.383 e. The van der Waals surface area contributed by atoms with Gasteiger partial charge in [-0.2, -0.15) is 0 Å². The van der Waals surface area contributed by atoms with Crippen LogP contribution in [0.25, 0.3) is 10.8 Å². The Hall–Kier alpha value is -3.02. The van der Waals surface area contributed by atoms with Crippen molar-refractivity contribution in [2.24, 2.45) is 0 Å². The third-order valence-electron chi connectivity index (χ3n) is 2.81. The smallest absolute Gasteiger partial charge is 0.275 e. The Bertz CT molecular complexity index is 773. The lowest BCUT2D eigenvalue weighted by Crippen LogP contribution is -2.15. The van der Waals surface area contributed by atoms with Crippen LogP contribution in [0, 0.1) is 0 Å². The average Bonchev–Trinajstić information content (AvgIpc) is 2.48. The zero-order chi connectivity index (χ0) is 13.9. The Morgan fingerprint density at radius 1 is 1.20 bits per heavy atom. The fourth-order valence-corrected chi connectivity index (χ4v) is 1.89. The van der Waals surface area contributed by atoms with Gasteiger partial charge in [-0.1, -0.05) is 24.3 Å². The minimum atomic E-state index is -0.372. The Balaban J connectivity index is 1.96. The number of hydrogen-bond acceptors (Lipinski definition) is 5. The van der Waals surface area contributed by atoms with E-state index >= 15 is 0 Å². The maximum atomic E-state index is 12.1. The van der Waals surface area contributed by atoms with Crippen molar-refractivity contribution in [2.45, 2.75) is 0 Å². The van der Waals surface area contributed by atoms with Crippen LogP contribution in [0.5, 0.6) is 0 Å². The SMILES string of the molecule is Nc1nc(C(=O)Nc2cnccn2)cc2ccccc12. The molecule has 0 saturated carbocycles. The van der Waals surface area contributed by atoms with Crippen molar-refractivity contribution in [1.29, 1.82) is 0 Å². The number of nitrogens with two attached hydrogens (primary N) is 1. The molecule has 0 atom stereocenters. The lowest BCUT2D eigenvalue weighted by Gasteiger charge is -2.06. The number of nitrogens with one attached hydrogen (secondary N) is 1. The Morgan fingerprint density at radius 2 is 2.05 bits per heavy atom. The molecular formula is C14H11N5O. The fourth-order valence-electron chi connectivity index (χ4n) is 1.89. The van der Waals surface area contributed by atoms with Crippen molar-refractivity contribution in [1.82, 2.24) is 15.0 Å². The summed E-state index contributed by atoms with van der Waals surface area (Å²) >= 11 is 0. The largest absolute Gasteiger partial charge is 0.383 e. The van der Waals surface area contributed by atoms with Crippen LogP contribution >= 0.6 is 0 Å². The maximum Gasteiger partial charge on any atom is 0.275 e. The number of benzene rings is 1. The maximum absolute atomic E-state index is 12.1. The zero-order valence-corrected chi connectivity index (χ0v) is 10.4. The molecule has 0 aliphatic rings. The van der Waals surface area contributed by atoms with Gasteiger partial charge in [-0.25, -0.2) is 9.97 Å². The van der Waals surface area contributed by atoms with Gasteiger partial charge in [0.1, 0.15) is 11.5 Å². The molecule has 0 aliphatic heterocycles. The molecule has 0 radical (unpaired) electrons. The van der Waals surface area contributed by atoms with E-state index < -0.39 is 0 Å². The molecule has 6 heteroatoms. The van der Waals surface area contributed by atoms with E-state index in [2.05, 4.69) is 20.3 Å². The van der Waals surface area contributed by atoms with Gasteiger partial charge >= 0.3 is 0 Å². The second-order valence-electron chi connectivity index (χ2n) is 4.16. The highest BCUT2D eigenvalue weighted by Crippen LogP contribution is 2.20. The third kappa shape index (κ3) is 2.26. The molecule has 0 fully saturated rings. The van der Waals surface area contributed by atoms with Gasteiger partial charge in [0.05, 0.1) is 6.20 Å². The van der Waals surface area contributed by atoms with E-state index in [-0.39, 0.29) is 11.6 Å². The first-order valence-electron chi connectivity index (χ1n) is 5.96. The normalized spacial score (nSPS) is 10.4. The third-order valence-corrected chi connectivity index (χ3v) is 2.81. The molecule has 0 saturated heterocycles. The van der Waals surface area contributed by atoms with E-state index in [9.17, 15) is 4.79 Å². The molecule has 1 aromatic carbocycles. The second-order valence-corrected chi connectivity index (χ2v) is 4.16. The van der Waals surface area contributed by atoms with Gasteiger partial charge < -0.3 is 11.1 Å². The summed E-state index contributed by atoms with van der Waals surface area (Å²) in [7, 11) is 0. The molecular weight excluding hydrogens is 254 g/mol. The van der Waals surface area contributed by atoms with Crippen LogP contribution in [0.4, 0.5) is 11.6 Å². The van der Waals surface area contributed by atoms with Crippen molar-refractivity contribution in [3.8, 4) is 0 Å². The Labute approximate surface area is 114 Å². The molecule has 6 nitrogen and oxygen atoms in total. The predicted molar refractivity (Wildman–Crippen MR) is 76.1 cm³/mol. The highest BCUT2D eigenvalue weighted by molar-refractivity contribution is 6.05. The molecule has 2 aromatic heterocycles. The zero-order valence-electron chi connectivity index (χ0n) is 10.4. The number of fused-ring (bicyclic) bond motifs is 1. The van der Waals surface area contributed by atoms with Crippen molar-refractivity contribution < 1.29 is 4.79 Å². The molecule has 3 aromatic rings. The number of amides is 1. The molecule has 0 bridgehead atoms. The van der Waals surface area contributed by atoms with Gasteiger partial charge in [0.2, 0.25) is 0 Å². The van der Waals surface area contributed by atoms with Crippen LogP contribution in [0.3, 0.4) is 0 Å². The predicted octanol–water partition coefficient (Wildman–Crippen LogP) is 1.86. The number of carbonyl (C=O) groups is 1. The highest BCUT2D eigenvalue weighted by atomic mass is 16.1. The molecule has 3 N–H and O–H groups in total. The summed E-state index contributed by atoms with van der Waals surface area (Å²) in [5, 5.41) is 4.31. The summed E-state index contributed by atoms with van der Waals surface area (Å²) < 4.78 is 0. The van der Waals surface area contributed by atoms with Crippen molar-refractivity contribution >= 4 is 28.3 Å². The molecule has 1 amide bonds. The topological polar surface area (TPSA) is 93.8 Å². The van der Waals surface area contributed by atoms with Gasteiger partial charge in [0.15, 0.2) is 5.82 Å². The van der Waals surface area contributed by atoms with Crippen LogP contribution in [0.1, 0.15) is 10.5 Å². The second kappa shape index (κ2) is 4.93. The summed E-state index contributed by atoms with van der Waals surface area (Å²) in [6.45, 7) is 0. The molecule has 3 rings (SSSR count). The van der Waals surface area contributed by atoms with Crippen molar-refractivity contribution in [3.05, 3.63) is 54.6 Å². The first kappa shape index (κ1) is 12.0. The number of rotatable bonds is 2. The molecule has 0 spiro atoms. The lowest BCUT2D eigenvalue weighted by molar-refractivity contribution is 0.102. The average molecular weight is 265 g/mol. The van der Waals surface area contributed by atoms with E-state index in [1.807, 2.05) is 24.3 Å². The standard InChI is InChI=1S/C14H11N5O/c15-13-10-4-2-1-3-9(10)7-11(18-13)14(20)19-12-8-16-5-6-17-12/h1-8H,(H2,15,18)(H,17,19,20). The minimum absolute atomic E-state index is 0.242. The number of anilines is 2. The molecule has 2 heterocycles. The van der Waals surface area contributed by atoms with Crippen LogP contribution in [-0.4, -0.2) is 20.9 Å². The van der Waals surface area contributed by atoms with E-state index in [0.29, 0.717) is 11.6 Å². The molecule has 98 valence electrons. The van der Waals surface area contributed by atoms with E-state index in [0.717, 1.165) is 10.8 Å². The van der Waals surface area contributed by atoms with Crippen LogP contribution < -0.4 is 11.1 Å². The Kier molecular flexibility index (Phi) is 2.96. The molecule has 0 unspecified atom stereocenters. The Morgan fingerprint density at radius 3 is 2.85 bits per heavy atom. The van der Waals surface area contributed by atoms with Crippen molar-refractivity contribution in [3.63, 3.8) is 0 Å². The first-order valence-corrected chi connectivity index (χ1v) is 5.96. The molecule has 20 heavy (non-hydrogen) atoms. The first-order chi connectivity index (χ1) is 9.74. The van der Waals surface area contributed by atoms with Gasteiger partial charge in [-0.05, 0) is 11.5 Å². The number of hydrogen-bond donors (Lipinski definition) is 2. The lowest BCUT2D eigenvalue weighted by atomic mass is 10.1. The number of pyridine rings is 1. The van der Waals surface area contributed by atoms with E-state index in [1.165, 1.54) is 18.6 Å². The summed E-state index contributed by atoms with van der Waals surface area (Å²) in [5.74, 6) is 0.321. The van der Waals surface area contributed by atoms with Gasteiger partial charge in [-0.3, -0.25) is 9.78 Å².